The Morgan fingerprint density at radius 3 is 2.73 bits per heavy atom. The van der Waals surface area contributed by atoms with Crippen molar-refractivity contribution >= 4 is 6.08 Å². The van der Waals surface area contributed by atoms with Crippen molar-refractivity contribution in [1.82, 2.24) is 4.90 Å². The normalized spacial score (nSPS) is 31.3. The summed E-state index contributed by atoms with van der Waals surface area (Å²) in [7, 11) is 0. The minimum Gasteiger partial charge on any atom is -0.293 e. The second-order valence-corrected chi connectivity index (χ2v) is 7.24. The average molecular weight is 300 g/mol. The van der Waals surface area contributed by atoms with Gasteiger partial charge in [0.15, 0.2) is 0 Å². The molecule has 3 atom stereocenters. The highest BCUT2D eigenvalue weighted by Gasteiger charge is 2.54. The summed E-state index contributed by atoms with van der Waals surface area (Å²) in [5.74, 6) is -0.0259. The lowest BCUT2D eigenvalue weighted by Gasteiger charge is -2.46. The molecule has 3 unspecified atom stereocenters. The van der Waals surface area contributed by atoms with E-state index in [0.29, 0.717) is 0 Å². The van der Waals surface area contributed by atoms with Gasteiger partial charge in [-0.25, -0.2) is 0 Å². The highest BCUT2D eigenvalue weighted by Crippen LogP contribution is 2.43. The lowest BCUT2D eigenvalue weighted by molar-refractivity contribution is -0.545. The SMILES string of the molecule is CC1(C)CN2CCCC2C([N+](=O)[O-])C1/C=C/c1ccccc1. The standard InChI is InChI=1S/C18H24N2O2/c1-18(2)13-19-12-6-9-16(19)17(20(21)22)15(18)11-10-14-7-4-3-5-8-14/h3-5,7-8,10-11,15-17H,6,9,12-13H2,1-2H3/b11-10+. The maximum Gasteiger partial charge on any atom is 0.235 e. The van der Waals surface area contributed by atoms with E-state index in [2.05, 4.69) is 24.8 Å². The molecule has 0 aromatic heterocycles. The van der Waals surface area contributed by atoms with Gasteiger partial charge in [-0.1, -0.05) is 56.3 Å². The second kappa shape index (κ2) is 5.84. The molecule has 0 aliphatic carbocycles. The van der Waals surface area contributed by atoms with E-state index in [0.717, 1.165) is 31.5 Å². The Balaban J connectivity index is 1.91. The van der Waals surface area contributed by atoms with Crippen molar-refractivity contribution in [1.29, 1.82) is 0 Å². The largest absolute Gasteiger partial charge is 0.293 e. The molecular formula is C18H24N2O2. The van der Waals surface area contributed by atoms with E-state index >= 15 is 0 Å². The van der Waals surface area contributed by atoms with Crippen molar-refractivity contribution in [3.8, 4) is 0 Å². The fourth-order valence-corrected chi connectivity index (χ4v) is 4.19. The van der Waals surface area contributed by atoms with Crippen LogP contribution in [0, 0.1) is 21.4 Å². The van der Waals surface area contributed by atoms with Gasteiger partial charge >= 0.3 is 0 Å². The van der Waals surface area contributed by atoms with Crippen molar-refractivity contribution in [3.05, 3.63) is 52.1 Å². The van der Waals surface area contributed by atoms with Gasteiger partial charge in [0.05, 0.1) is 12.0 Å². The summed E-state index contributed by atoms with van der Waals surface area (Å²) in [6.45, 7) is 6.29. The van der Waals surface area contributed by atoms with Gasteiger partial charge in [-0.15, -0.1) is 0 Å². The highest BCUT2D eigenvalue weighted by molar-refractivity contribution is 5.49. The van der Waals surface area contributed by atoms with E-state index in [-0.39, 0.29) is 22.3 Å². The van der Waals surface area contributed by atoms with Gasteiger partial charge in [0.25, 0.3) is 0 Å². The molecule has 22 heavy (non-hydrogen) atoms. The lowest BCUT2D eigenvalue weighted by atomic mass is 9.69. The van der Waals surface area contributed by atoms with Crippen LogP contribution in [0.15, 0.2) is 36.4 Å². The molecule has 0 radical (unpaired) electrons. The first-order chi connectivity index (χ1) is 10.5. The summed E-state index contributed by atoms with van der Waals surface area (Å²) < 4.78 is 0. The molecule has 1 aromatic carbocycles. The summed E-state index contributed by atoms with van der Waals surface area (Å²) in [6, 6.07) is 9.66. The fraction of sp³-hybridized carbons (Fsp3) is 0.556. The number of benzene rings is 1. The van der Waals surface area contributed by atoms with Crippen molar-refractivity contribution in [2.24, 2.45) is 11.3 Å². The molecule has 0 bridgehead atoms. The minimum absolute atomic E-state index is 0.0259. The van der Waals surface area contributed by atoms with Crippen LogP contribution in [0.1, 0.15) is 32.3 Å². The van der Waals surface area contributed by atoms with E-state index in [1.165, 1.54) is 0 Å². The van der Waals surface area contributed by atoms with Crippen molar-refractivity contribution in [2.45, 2.75) is 38.8 Å². The highest BCUT2D eigenvalue weighted by atomic mass is 16.6. The van der Waals surface area contributed by atoms with E-state index in [1.54, 1.807) is 0 Å². The number of rotatable bonds is 3. The third-order valence-electron chi connectivity index (χ3n) is 5.23. The lowest BCUT2D eigenvalue weighted by Crippen LogP contribution is -2.59. The first-order valence-electron chi connectivity index (χ1n) is 8.10. The predicted octanol–water partition coefficient (Wildman–Crippen LogP) is 3.47. The molecule has 0 N–H and O–H groups in total. The minimum atomic E-state index is -0.494. The van der Waals surface area contributed by atoms with Crippen molar-refractivity contribution in [3.63, 3.8) is 0 Å². The summed E-state index contributed by atoms with van der Waals surface area (Å²) >= 11 is 0. The van der Waals surface area contributed by atoms with Crippen LogP contribution in [0.25, 0.3) is 6.08 Å². The molecule has 4 nitrogen and oxygen atoms in total. The molecule has 2 saturated heterocycles. The molecule has 0 saturated carbocycles. The van der Waals surface area contributed by atoms with E-state index < -0.39 is 6.04 Å². The molecule has 4 heteroatoms. The third kappa shape index (κ3) is 2.80. The zero-order valence-corrected chi connectivity index (χ0v) is 13.3. The molecule has 2 aliphatic rings. The maximum atomic E-state index is 11.8. The van der Waals surface area contributed by atoms with Crippen LogP contribution in [0.4, 0.5) is 0 Å². The van der Waals surface area contributed by atoms with Gasteiger partial charge in [0.1, 0.15) is 0 Å². The number of hydrogen-bond acceptors (Lipinski definition) is 3. The van der Waals surface area contributed by atoms with Crippen molar-refractivity contribution in [2.75, 3.05) is 13.1 Å². The van der Waals surface area contributed by atoms with E-state index in [9.17, 15) is 10.1 Å². The van der Waals surface area contributed by atoms with Crippen LogP contribution < -0.4 is 0 Å². The number of piperidine rings is 1. The molecule has 118 valence electrons. The quantitative estimate of drug-likeness (QED) is 0.634. The topological polar surface area (TPSA) is 46.4 Å². The van der Waals surface area contributed by atoms with Gasteiger partial charge in [-0.05, 0) is 30.4 Å². The number of hydrogen-bond donors (Lipinski definition) is 0. The van der Waals surface area contributed by atoms with Crippen LogP contribution in [0.2, 0.25) is 0 Å². The summed E-state index contributed by atoms with van der Waals surface area (Å²) in [5.41, 5.74) is 1.03. The summed E-state index contributed by atoms with van der Waals surface area (Å²) in [4.78, 5) is 14.0. The second-order valence-electron chi connectivity index (χ2n) is 7.24. The van der Waals surface area contributed by atoms with Gasteiger partial charge in [0, 0.05) is 11.5 Å². The third-order valence-corrected chi connectivity index (χ3v) is 5.23. The molecule has 1 aromatic rings. The Morgan fingerprint density at radius 2 is 2.05 bits per heavy atom. The molecule has 0 amide bonds. The number of nitro groups is 1. The Kier molecular flexibility index (Phi) is 4.04. The smallest absolute Gasteiger partial charge is 0.235 e. The number of fused-ring (bicyclic) bond motifs is 1. The van der Waals surface area contributed by atoms with Crippen LogP contribution in [0.3, 0.4) is 0 Å². The summed E-state index contributed by atoms with van der Waals surface area (Å²) in [6.07, 6.45) is 6.17. The first kappa shape index (κ1) is 15.2. The maximum absolute atomic E-state index is 11.8. The van der Waals surface area contributed by atoms with Crippen LogP contribution in [-0.2, 0) is 0 Å². The number of nitrogens with zero attached hydrogens (tertiary/aromatic N) is 2. The molecule has 2 fully saturated rings. The van der Waals surface area contributed by atoms with Crippen LogP contribution in [0.5, 0.6) is 0 Å². The predicted molar refractivity (Wildman–Crippen MR) is 88.1 cm³/mol. The molecule has 3 rings (SSSR count). The van der Waals surface area contributed by atoms with Crippen LogP contribution >= 0.6 is 0 Å². The van der Waals surface area contributed by atoms with Crippen molar-refractivity contribution < 1.29 is 4.92 Å². The Bertz CT molecular complexity index is 568. The monoisotopic (exact) mass is 300 g/mol. The first-order valence-corrected chi connectivity index (χ1v) is 8.10. The Hall–Kier alpha value is -1.68. The summed E-state index contributed by atoms with van der Waals surface area (Å²) in [5, 5.41) is 11.8. The van der Waals surface area contributed by atoms with Gasteiger partial charge in [-0.2, -0.15) is 0 Å². The Labute approximate surface area is 132 Å². The zero-order chi connectivity index (χ0) is 15.7. The van der Waals surface area contributed by atoms with Gasteiger partial charge < -0.3 is 0 Å². The van der Waals surface area contributed by atoms with Crippen LogP contribution in [-0.4, -0.2) is 35.0 Å². The molecule has 2 heterocycles. The van der Waals surface area contributed by atoms with Gasteiger partial charge in [-0.3, -0.25) is 15.0 Å². The molecular weight excluding hydrogens is 276 g/mol. The average Bonchev–Trinajstić information content (AvgIpc) is 2.91. The van der Waals surface area contributed by atoms with E-state index in [4.69, 9.17) is 0 Å². The fourth-order valence-electron chi connectivity index (χ4n) is 4.19. The Morgan fingerprint density at radius 1 is 1.32 bits per heavy atom. The van der Waals surface area contributed by atoms with E-state index in [1.807, 2.05) is 36.4 Å². The zero-order valence-electron chi connectivity index (χ0n) is 13.3. The van der Waals surface area contributed by atoms with Gasteiger partial charge in [0.2, 0.25) is 6.04 Å². The molecule has 0 spiro atoms. The molecule has 2 aliphatic heterocycles.